The molecule has 2 amide bonds. The zero-order valence-corrected chi connectivity index (χ0v) is 7.73. The molecule has 78 valence electrons. The van der Waals surface area contributed by atoms with Gasteiger partial charge in [0, 0.05) is 13.0 Å². The third kappa shape index (κ3) is 2.21. The Hall–Kier alpha value is -1.59. The molecule has 0 radical (unpaired) electrons. The van der Waals surface area contributed by atoms with Crippen molar-refractivity contribution >= 4 is 18.0 Å². The minimum atomic E-state index is -1.23. The second kappa shape index (κ2) is 4.08. The van der Waals surface area contributed by atoms with Crippen LogP contribution in [0.15, 0.2) is 0 Å². The molecule has 1 aliphatic rings. The zero-order chi connectivity index (χ0) is 10.7. The first-order chi connectivity index (χ1) is 6.52. The highest BCUT2D eigenvalue weighted by molar-refractivity contribution is 5.94. The molecule has 1 rings (SSSR count). The maximum absolute atomic E-state index is 11.2. The summed E-state index contributed by atoms with van der Waals surface area (Å²) >= 11 is 0. The number of ether oxygens (including phenoxy) is 1. The Morgan fingerprint density at radius 2 is 2.21 bits per heavy atom. The smallest absolute Gasteiger partial charge is 0.417 e. The molecule has 1 heterocycles. The number of amides is 2. The summed E-state index contributed by atoms with van der Waals surface area (Å²) in [5.74, 6) is -1.54. The van der Waals surface area contributed by atoms with E-state index in [1.807, 2.05) is 0 Å². The Kier molecular flexibility index (Phi) is 3.06. The summed E-state index contributed by atoms with van der Waals surface area (Å²) in [5, 5.41) is 8.46. The molecule has 0 saturated carbocycles. The number of carboxylic acids is 1. The van der Waals surface area contributed by atoms with Gasteiger partial charge < -0.3 is 9.84 Å². The van der Waals surface area contributed by atoms with Crippen molar-refractivity contribution in [3.05, 3.63) is 0 Å². The van der Waals surface area contributed by atoms with Crippen molar-refractivity contribution in [3.8, 4) is 0 Å². The molecule has 0 aromatic carbocycles. The van der Waals surface area contributed by atoms with Crippen LogP contribution in [0.1, 0.15) is 19.8 Å². The summed E-state index contributed by atoms with van der Waals surface area (Å²) in [5.41, 5.74) is 0. The lowest BCUT2D eigenvalue weighted by molar-refractivity contribution is -0.147. The number of hydrogen-bond acceptors (Lipinski definition) is 4. The summed E-state index contributed by atoms with van der Waals surface area (Å²) in [6, 6.07) is 0. The normalized spacial score (nSPS) is 18.1. The predicted molar refractivity (Wildman–Crippen MR) is 44.5 cm³/mol. The second-order valence-corrected chi connectivity index (χ2v) is 3.01. The first kappa shape index (κ1) is 10.5. The molecule has 1 atom stereocenters. The lowest BCUT2D eigenvalue weighted by Gasteiger charge is -2.15. The highest BCUT2D eigenvalue weighted by Crippen LogP contribution is 2.11. The summed E-state index contributed by atoms with van der Waals surface area (Å²) in [7, 11) is 0. The van der Waals surface area contributed by atoms with Crippen molar-refractivity contribution in [2.24, 2.45) is 0 Å². The third-order valence-corrected chi connectivity index (χ3v) is 1.92. The van der Waals surface area contributed by atoms with E-state index in [9.17, 15) is 14.4 Å². The minimum Gasteiger partial charge on any atom is -0.479 e. The molecule has 1 unspecified atom stereocenters. The van der Waals surface area contributed by atoms with E-state index in [0.717, 1.165) is 4.90 Å². The molecule has 6 heteroatoms. The van der Waals surface area contributed by atoms with Gasteiger partial charge in [0.2, 0.25) is 5.91 Å². The quantitative estimate of drug-likeness (QED) is 0.690. The average molecular weight is 201 g/mol. The Morgan fingerprint density at radius 1 is 1.57 bits per heavy atom. The maximum atomic E-state index is 11.2. The van der Waals surface area contributed by atoms with Crippen molar-refractivity contribution in [2.75, 3.05) is 6.54 Å². The van der Waals surface area contributed by atoms with Gasteiger partial charge in [0.05, 0.1) is 0 Å². The van der Waals surface area contributed by atoms with Gasteiger partial charge in [-0.3, -0.25) is 4.79 Å². The fourth-order valence-electron chi connectivity index (χ4n) is 1.11. The highest BCUT2D eigenvalue weighted by Gasteiger charge is 2.29. The SMILES string of the molecule is CC(OC(=O)N1CCCC1=O)C(=O)O. The van der Waals surface area contributed by atoms with Crippen molar-refractivity contribution in [3.63, 3.8) is 0 Å². The van der Waals surface area contributed by atoms with E-state index < -0.39 is 18.2 Å². The Balaban J connectivity index is 2.49. The molecule has 0 aliphatic carbocycles. The molecule has 0 aromatic rings. The summed E-state index contributed by atoms with van der Waals surface area (Å²) in [4.78, 5) is 33.5. The van der Waals surface area contributed by atoms with Gasteiger partial charge in [0.1, 0.15) is 0 Å². The number of hydrogen-bond donors (Lipinski definition) is 1. The fraction of sp³-hybridized carbons (Fsp3) is 0.625. The molecule has 0 spiro atoms. The van der Waals surface area contributed by atoms with Gasteiger partial charge >= 0.3 is 12.1 Å². The topological polar surface area (TPSA) is 83.9 Å². The molecule has 6 nitrogen and oxygen atoms in total. The third-order valence-electron chi connectivity index (χ3n) is 1.92. The maximum Gasteiger partial charge on any atom is 0.417 e. The van der Waals surface area contributed by atoms with E-state index in [0.29, 0.717) is 19.4 Å². The Bertz CT molecular complexity index is 275. The molecule has 0 bridgehead atoms. The van der Waals surface area contributed by atoms with E-state index >= 15 is 0 Å². The number of carbonyl (C=O) groups is 3. The highest BCUT2D eigenvalue weighted by atomic mass is 16.6. The summed E-state index contributed by atoms with van der Waals surface area (Å²) in [6.45, 7) is 1.55. The number of carbonyl (C=O) groups excluding carboxylic acids is 2. The van der Waals surface area contributed by atoms with Crippen LogP contribution < -0.4 is 0 Å². The minimum absolute atomic E-state index is 0.310. The van der Waals surface area contributed by atoms with Crippen molar-refractivity contribution < 1.29 is 24.2 Å². The molecule has 1 aliphatic heterocycles. The van der Waals surface area contributed by atoms with Crippen molar-refractivity contribution in [1.82, 2.24) is 4.90 Å². The van der Waals surface area contributed by atoms with Crippen LogP contribution in [-0.2, 0) is 14.3 Å². The van der Waals surface area contributed by atoms with Crippen LogP contribution in [0.2, 0.25) is 0 Å². The Labute approximate surface area is 80.4 Å². The number of carboxylic acid groups (broad SMARTS) is 1. The van der Waals surface area contributed by atoms with Gasteiger partial charge in [-0.05, 0) is 13.3 Å². The zero-order valence-electron chi connectivity index (χ0n) is 7.73. The monoisotopic (exact) mass is 201 g/mol. The molecular weight excluding hydrogens is 190 g/mol. The average Bonchev–Trinajstić information content (AvgIpc) is 2.51. The van der Waals surface area contributed by atoms with Gasteiger partial charge in [-0.25, -0.2) is 14.5 Å². The van der Waals surface area contributed by atoms with Crippen LogP contribution in [0.25, 0.3) is 0 Å². The number of nitrogens with zero attached hydrogens (tertiary/aromatic N) is 1. The number of aliphatic carboxylic acids is 1. The molecule has 1 N–H and O–H groups in total. The van der Waals surface area contributed by atoms with Crippen LogP contribution in [0.3, 0.4) is 0 Å². The molecule has 1 saturated heterocycles. The molecule has 1 fully saturated rings. The van der Waals surface area contributed by atoms with Crippen LogP contribution in [0.4, 0.5) is 4.79 Å². The van der Waals surface area contributed by atoms with Crippen LogP contribution in [-0.4, -0.2) is 40.6 Å². The van der Waals surface area contributed by atoms with Crippen LogP contribution >= 0.6 is 0 Å². The lowest BCUT2D eigenvalue weighted by atomic mass is 10.4. The van der Waals surface area contributed by atoms with Crippen molar-refractivity contribution in [2.45, 2.75) is 25.9 Å². The number of likely N-dealkylation sites (tertiary alicyclic amines) is 1. The number of rotatable bonds is 2. The first-order valence-electron chi connectivity index (χ1n) is 4.26. The largest absolute Gasteiger partial charge is 0.479 e. The van der Waals surface area contributed by atoms with E-state index in [1.165, 1.54) is 6.92 Å². The van der Waals surface area contributed by atoms with Crippen LogP contribution in [0, 0.1) is 0 Å². The van der Waals surface area contributed by atoms with E-state index in [1.54, 1.807) is 0 Å². The molecular formula is C8H11NO5. The van der Waals surface area contributed by atoms with Gasteiger partial charge in [0.15, 0.2) is 6.10 Å². The fourth-order valence-corrected chi connectivity index (χ4v) is 1.11. The Morgan fingerprint density at radius 3 is 2.64 bits per heavy atom. The van der Waals surface area contributed by atoms with Crippen molar-refractivity contribution in [1.29, 1.82) is 0 Å². The van der Waals surface area contributed by atoms with Crippen LogP contribution in [0.5, 0.6) is 0 Å². The van der Waals surface area contributed by atoms with Gasteiger partial charge in [0.25, 0.3) is 0 Å². The van der Waals surface area contributed by atoms with E-state index in [-0.39, 0.29) is 5.91 Å². The first-order valence-corrected chi connectivity index (χ1v) is 4.26. The molecule has 0 aromatic heterocycles. The summed E-state index contributed by atoms with van der Waals surface area (Å²) in [6.07, 6.45) is -1.18. The second-order valence-electron chi connectivity index (χ2n) is 3.01. The van der Waals surface area contributed by atoms with Gasteiger partial charge in [-0.2, -0.15) is 0 Å². The standard InChI is InChI=1S/C8H11NO5/c1-5(7(11)12)14-8(13)9-4-2-3-6(9)10/h5H,2-4H2,1H3,(H,11,12). The van der Waals surface area contributed by atoms with Gasteiger partial charge in [-0.15, -0.1) is 0 Å². The summed E-state index contributed by atoms with van der Waals surface area (Å²) < 4.78 is 4.53. The predicted octanol–water partition coefficient (Wildman–Crippen LogP) is 0.219. The van der Waals surface area contributed by atoms with Gasteiger partial charge in [-0.1, -0.05) is 0 Å². The lowest BCUT2D eigenvalue weighted by Crippen LogP contribution is -2.36. The van der Waals surface area contributed by atoms with E-state index in [4.69, 9.17) is 5.11 Å². The van der Waals surface area contributed by atoms with E-state index in [2.05, 4.69) is 4.74 Å². The number of imide groups is 1. The molecule has 14 heavy (non-hydrogen) atoms.